The van der Waals surface area contributed by atoms with Gasteiger partial charge in [-0.3, -0.25) is 10.00 Å². The number of fused-ring (bicyclic) bond motifs is 1. The molecular weight excluding hydrogens is 294 g/mol. The number of nitrogens with one attached hydrogen (secondary N) is 1. The molecule has 8 nitrogen and oxygen atoms in total. The number of hydrogen-bond donors (Lipinski definition) is 2. The molecule has 4 rings (SSSR count). The van der Waals surface area contributed by atoms with Gasteiger partial charge < -0.3 is 10.5 Å². The van der Waals surface area contributed by atoms with Crippen molar-refractivity contribution in [3.05, 3.63) is 29.6 Å². The van der Waals surface area contributed by atoms with Crippen LogP contribution in [0, 0.1) is 6.92 Å². The minimum Gasteiger partial charge on any atom is -0.382 e. The number of rotatable bonds is 3. The molecule has 120 valence electrons. The molecule has 1 aliphatic rings. The molecule has 1 fully saturated rings. The summed E-state index contributed by atoms with van der Waals surface area (Å²) in [6.07, 6.45) is 1.87. The summed E-state index contributed by atoms with van der Waals surface area (Å²) >= 11 is 0. The second kappa shape index (κ2) is 5.64. The van der Waals surface area contributed by atoms with Crippen LogP contribution in [0.25, 0.3) is 17.0 Å². The van der Waals surface area contributed by atoms with Crippen LogP contribution in [0.1, 0.15) is 11.3 Å². The molecule has 4 heterocycles. The van der Waals surface area contributed by atoms with Crippen molar-refractivity contribution in [2.45, 2.75) is 13.5 Å². The second-order valence-corrected chi connectivity index (χ2v) is 5.81. The van der Waals surface area contributed by atoms with Crippen molar-refractivity contribution in [1.29, 1.82) is 0 Å². The third kappa shape index (κ3) is 2.78. The Morgan fingerprint density at radius 3 is 2.83 bits per heavy atom. The van der Waals surface area contributed by atoms with Gasteiger partial charge in [-0.15, -0.1) is 5.10 Å². The number of nitrogen functional groups attached to an aromatic ring is 1. The SMILES string of the molecule is Cc1cc(-c2cn3nc(N)cc(CN4CCOCC4)c3n2)n[nH]1. The van der Waals surface area contributed by atoms with E-state index < -0.39 is 0 Å². The Morgan fingerprint density at radius 2 is 2.09 bits per heavy atom. The fourth-order valence-corrected chi connectivity index (χ4v) is 2.85. The van der Waals surface area contributed by atoms with Crippen molar-refractivity contribution < 1.29 is 4.74 Å². The van der Waals surface area contributed by atoms with Gasteiger partial charge in [-0.2, -0.15) is 5.10 Å². The molecule has 1 aliphatic heterocycles. The van der Waals surface area contributed by atoms with Gasteiger partial charge in [0.05, 0.1) is 19.4 Å². The molecule has 0 radical (unpaired) electrons. The first-order chi connectivity index (χ1) is 11.2. The van der Waals surface area contributed by atoms with Crippen molar-refractivity contribution in [1.82, 2.24) is 29.7 Å². The Morgan fingerprint density at radius 1 is 1.26 bits per heavy atom. The summed E-state index contributed by atoms with van der Waals surface area (Å²) in [6, 6.07) is 3.87. The highest BCUT2D eigenvalue weighted by atomic mass is 16.5. The Kier molecular flexibility index (Phi) is 3.47. The molecule has 3 aromatic heterocycles. The van der Waals surface area contributed by atoms with Crippen molar-refractivity contribution >= 4 is 11.5 Å². The van der Waals surface area contributed by atoms with E-state index in [1.165, 1.54) is 0 Å². The number of nitrogens with two attached hydrogens (primary N) is 1. The van der Waals surface area contributed by atoms with Crippen LogP contribution in [0.4, 0.5) is 5.82 Å². The quantitative estimate of drug-likeness (QED) is 0.744. The summed E-state index contributed by atoms with van der Waals surface area (Å²) in [5.74, 6) is 0.489. The molecule has 8 heteroatoms. The second-order valence-electron chi connectivity index (χ2n) is 5.81. The first-order valence-corrected chi connectivity index (χ1v) is 7.66. The molecule has 0 unspecified atom stereocenters. The maximum atomic E-state index is 5.96. The first-order valence-electron chi connectivity index (χ1n) is 7.66. The van der Waals surface area contributed by atoms with Crippen molar-refractivity contribution in [2.75, 3.05) is 32.0 Å². The van der Waals surface area contributed by atoms with Crippen molar-refractivity contribution in [3.8, 4) is 11.4 Å². The molecule has 0 saturated carbocycles. The lowest BCUT2D eigenvalue weighted by Crippen LogP contribution is -2.35. The van der Waals surface area contributed by atoms with E-state index in [1.807, 2.05) is 25.3 Å². The third-order valence-electron chi connectivity index (χ3n) is 3.99. The standard InChI is InChI=1S/C15H19N7O/c1-10-6-12(19-18-10)13-9-22-15(17-13)11(7-14(16)20-22)8-21-2-4-23-5-3-21/h6-7,9H,2-5,8H2,1H3,(H2,16,20)(H,18,19). The summed E-state index contributed by atoms with van der Waals surface area (Å²) in [5, 5.41) is 11.5. The van der Waals surface area contributed by atoms with Crippen LogP contribution in [-0.2, 0) is 11.3 Å². The van der Waals surface area contributed by atoms with Crippen LogP contribution in [0.2, 0.25) is 0 Å². The van der Waals surface area contributed by atoms with Gasteiger partial charge in [0, 0.05) is 30.9 Å². The number of aromatic amines is 1. The Labute approximate surface area is 133 Å². The average Bonchev–Trinajstić information content (AvgIpc) is 3.14. The maximum absolute atomic E-state index is 5.96. The summed E-state index contributed by atoms with van der Waals surface area (Å²) in [7, 11) is 0. The van der Waals surface area contributed by atoms with E-state index >= 15 is 0 Å². The van der Waals surface area contributed by atoms with E-state index in [0.717, 1.165) is 61.1 Å². The fraction of sp³-hybridized carbons (Fsp3) is 0.400. The minimum atomic E-state index is 0.489. The van der Waals surface area contributed by atoms with Gasteiger partial charge >= 0.3 is 0 Å². The number of aromatic nitrogens is 5. The van der Waals surface area contributed by atoms with E-state index in [0.29, 0.717) is 5.82 Å². The van der Waals surface area contributed by atoms with Crippen LogP contribution in [0.3, 0.4) is 0 Å². The number of imidazole rings is 1. The first kappa shape index (κ1) is 14.2. The molecule has 0 amide bonds. The van der Waals surface area contributed by atoms with Crippen LogP contribution in [-0.4, -0.2) is 56.0 Å². The number of aryl methyl sites for hydroxylation is 1. The van der Waals surface area contributed by atoms with Gasteiger partial charge in [0.1, 0.15) is 17.2 Å². The topological polar surface area (TPSA) is 97.4 Å². The average molecular weight is 313 g/mol. The largest absolute Gasteiger partial charge is 0.382 e. The summed E-state index contributed by atoms with van der Waals surface area (Å²) < 4.78 is 7.14. The van der Waals surface area contributed by atoms with Gasteiger partial charge in [0.15, 0.2) is 5.65 Å². The minimum absolute atomic E-state index is 0.489. The molecule has 0 atom stereocenters. The molecule has 3 N–H and O–H groups in total. The monoisotopic (exact) mass is 313 g/mol. The van der Waals surface area contributed by atoms with Gasteiger partial charge in [-0.25, -0.2) is 9.50 Å². The third-order valence-corrected chi connectivity index (χ3v) is 3.99. The van der Waals surface area contributed by atoms with Crippen molar-refractivity contribution in [3.63, 3.8) is 0 Å². The lowest BCUT2D eigenvalue weighted by Gasteiger charge is -2.26. The Balaban J connectivity index is 1.72. The zero-order valence-corrected chi connectivity index (χ0v) is 13.0. The predicted molar refractivity (Wildman–Crippen MR) is 85.8 cm³/mol. The van der Waals surface area contributed by atoms with Crippen LogP contribution in [0.5, 0.6) is 0 Å². The van der Waals surface area contributed by atoms with E-state index in [-0.39, 0.29) is 0 Å². The molecule has 0 aromatic carbocycles. The number of nitrogens with zero attached hydrogens (tertiary/aromatic N) is 5. The lowest BCUT2D eigenvalue weighted by atomic mass is 10.2. The van der Waals surface area contributed by atoms with Gasteiger partial charge in [-0.05, 0) is 19.1 Å². The summed E-state index contributed by atoms with van der Waals surface area (Å²) in [5.41, 5.74) is 10.4. The molecule has 0 aliphatic carbocycles. The molecule has 0 bridgehead atoms. The summed E-state index contributed by atoms with van der Waals surface area (Å²) in [4.78, 5) is 7.05. The van der Waals surface area contributed by atoms with E-state index in [9.17, 15) is 0 Å². The number of hydrogen-bond acceptors (Lipinski definition) is 6. The molecule has 1 saturated heterocycles. The lowest BCUT2D eigenvalue weighted by molar-refractivity contribution is 0.0343. The molecule has 0 spiro atoms. The van der Waals surface area contributed by atoms with E-state index in [1.54, 1.807) is 4.52 Å². The molecular formula is C15H19N7O. The zero-order valence-electron chi connectivity index (χ0n) is 13.0. The number of anilines is 1. The highest BCUT2D eigenvalue weighted by Gasteiger charge is 2.16. The van der Waals surface area contributed by atoms with Gasteiger partial charge in [0.25, 0.3) is 0 Å². The Bertz CT molecular complexity index is 832. The molecule has 23 heavy (non-hydrogen) atoms. The fourth-order valence-electron chi connectivity index (χ4n) is 2.85. The number of ether oxygens (including phenoxy) is 1. The number of morpholine rings is 1. The van der Waals surface area contributed by atoms with Crippen LogP contribution in [0.15, 0.2) is 18.3 Å². The highest BCUT2D eigenvalue weighted by Crippen LogP contribution is 2.21. The highest BCUT2D eigenvalue weighted by molar-refractivity contribution is 5.62. The van der Waals surface area contributed by atoms with Crippen molar-refractivity contribution in [2.24, 2.45) is 0 Å². The zero-order chi connectivity index (χ0) is 15.8. The smallest absolute Gasteiger partial charge is 0.158 e. The number of H-pyrrole nitrogens is 1. The van der Waals surface area contributed by atoms with E-state index in [2.05, 4.69) is 20.2 Å². The predicted octanol–water partition coefficient (Wildman–Crippen LogP) is 0.842. The van der Waals surface area contributed by atoms with Crippen LogP contribution >= 0.6 is 0 Å². The van der Waals surface area contributed by atoms with E-state index in [4.69, 9.17) is 15.5 Å². The maximum Gasteiger partial charge on any atom is 0.158 e. The van der Waals surface area contributed by atoms with Crippen LogP contribution < -0.4 is 5.73 Å². The Hall–Kier alpha value is -2.45. The summed E-state index contributed by atoms with van der Waals surface area (Å²) in [6.45, 7) is 6.12. The van der Waals surface area contributed by atoms with Gasteiger partial charge in [-0.1, -0.05) is 0 Å². The normalized spacial score (nSPS) is 16.2. The molecule has 3 aromatic rings. The van der Waals surface area contributed by atoms with Gasteiger partial charge in [0.2, 0.25) is 0 Å².